The van der Waals surface area contributed by atoms with Crippen LogP contribution in [0.25, 0.3) is 16.2 Å². The fraction of sp³-hybridized carbons (Fsp3) is 0.150. The zero-order chi connectivity index (χ0) is 20.4. The minimum Gasteiger partial charge on any atom is -0.496 e. The number of para-hydroxylation sites is 1. The van der Waals surface area contributed by atoms with Crippen LogP contribution < -0.4 is 14.8 Å². The molecule has 1 amide bonds. The molecule has 0 aliphatic rings. The van der Waals surface area contributed by atoms with E-state index in [4.69, 9.17) is 21.1 Å². The first-order chi connectivity index (χ1) is 14.0. The van der Waals surface area contributed by atoms with E-state index in [2.05, 4.69) is 15.4 Å². The van der Waals surface area contributed by atoms with Crippen LogP contribution in [0, 0.1) is 0 Å². The smallest absolute Gasteiger partial charge is 0.267 e. The second-order valence-corrected chi connectivity index (χ2v) is 7.43. The number of benzene rings is 2. The predicted molar refractivity (Wildman–Crippen MR) is 113 cm³/mol. The van der Waals surface area contributed by atoms with Gasteiger partial charge in [-0.3, -0.25) is 10.1 Å². The summed E-state index contributed by atoms with van der Waals surface area (Å²) in [5.74, 6) is 1.15. The summed E-state index contributed by atoms with van der Waals surface area (Å²) in [4.78, 5) is 17.5. The number of carbonyl (C=O) groups is 1. The summed E-state index contributed by atoms with van der Waals surface area (Å²) in [6.45, 7) is 1.66. The lowest BCUT2D eigenvalue weighted by Gasteiger charge is -2.13. The first-order valence-electron chi connectivity index (χ1n) is 8.76. The molecule has 0 fully saturated rings. The zero-order valence-electron chi connectivity index (χ0n) is 15.6. The van der Waals surface area contributed by atoms with Crippen molar-refractivity contribution in [2.24, 2.45) is 0 Å². The van der Waals surface area contributed by atoms with E-state index in [9.17, 15) is 4.79 Å². The predicted octanol–water partition coefficient (Wildman–Crippen LogP) is 4.53. The fourth-order valence-corrected chi connectivity index (χ4v) is 3.71. The van der Waals surface area contributed by atoms with E-state index in [0.29, 0.717) is 15.7 Å². The molecule has 9 heteroatoms. The van der Waals surface area contributed by atoms with Gasteiger partial charge in [-0.15, -0.1) is 16.4 Å². The summed E-state index contributed by atoms with van der Waals surface area (Å²) in [6, 6.07) is 14.5. The van der Waals surface area contributed by atoms with Crippen molar-refractivity contribution in [2.45, 2.75) is 13.0 Å². The van der Waals surface area contributed by atoms with Crippen LogP contribution >= 0.6 is 22.9 Å². The maximum Gasteiger partial charge on any atom is 0.267 e. The Morgan fingerprint density at radius 2 is 1.97 bits per heavy atom. The van der Waals surface area contributed by atoms with E-state index in [1.54, 1.807) is 42.8 Å². The number of thiazole rings is 1. The number of ether oxygens (including phenoxy) is 2. The lowest BCUT2D eigenvalue weighted by Crippen LogP contribution is -2.30. The average molecular weight is 429 g/mol. The standard InChI is InChI=1S/C20H17ClN4O3S/c1-12(28-14-9-7-13(21)8-10-14)18(26)22-19-23-20-25(24-19)16(11-29-20)15-5-3-4-6-17(15)27-2/h3-12H,1-2H3,(H,22,24,26). The summed E-state index contributed by atoms with van der Waals surface area (Å²) in [7, 11) is 1.62. The number of halogens is 1. The monoisotopic (exact) mass is 428 g/mol. The Balaban J connectivity index is 1.52. The number of nitrogens with zero attached hydrogens (tertiary/aromatic N) is 3. The molecule has 29 heavy (non-hydrogen) atoms. The van der Waals surface area contributed by atoms with Crippen molar-refractivity contribution in [3.8, 4) is 22.8 Å². The van der Waals surface area contributed by atoms with Gasteiger partial charge in [0.25, 0.3) is 11.9 Å². The van der Waals surface area contributed by atoms with Gasteiger partial charge in [-0.2, -0.15) is 4.98 Å². The van der Waals surface area contributed by atoms with Gasteiger partial charge in [-0.25, -0.2) is 4.52 Å². The van der Waals surface area contributed by atoms with Gasteiger partial charge in [-0.1, -0.05) is 23.7 Å². The quantitative estimate of drug-likeness (QED) is 0.488. The van der Waals surface area contributed by atoms with Crippen LogP contribution in [0.15, 0.2) is 53.9 Å². The Labute approximate surface area is 175 Å². The topological polar surface area (TPSA) is 77.8 Å². The number of carbonyl (C=O) groups excluding carboxylic acids is 1. The van der Waals surface area contributed by atoms with Crippen LogP contribution in [0.5, 0.6) is 11.5 Å². The minimum atomic E-state index is -0.730. The lowest BCUT2D eigenvalue weighted by molar-refractivity contribution is -0.122. The third kappa shape index (κ3) is 4.03. The van der Waals surface area contributed by atoms with E-state index >= 15 is 0 Å². The first-order valence-corrected chi connectivity index (χ1v) is 10.0. The Kier molecular flexibility index (Phi) is 5.37. The van der Waals surface area contributed by atoms with Gasteiger partial charge in [0.1, 0.15) is 11.5 Å². The minimum absolute atomic E-state index is 0.213. The number of nitrogens with one attached hydrogen (secondary N) is 1. The molecule has 0 saturated carbocycles. The Morgan fingerprint density at radius 3 is 2.72 bits per heavy atom. The molecule has 0 aliphatic heterocycles. The van der Waals surface area contributed by atoms with Crippen molar-refractivity contribution in [3.05, 3.63) is 58.9 Å². The Hall–Kier alpha value is -3.10. The average Bonchev–Trinajstić information content (AvgIpc) is 3.29. The van der Waals surface area contributed by atoms with Crippen LogP contribution in [-0.4, -0.2) is 33.7 Å². The highest BCUT2D eigenvalue weighted by Gasteiger charge is 2.19. The molecule has 7 nitrogen and oxygen atoms in total. The first kappa shape index (κ1) is 19.2. The van der Waals surface area contributed by atoms with Gasteiger partial charge < -0.3 is 9.47 Å². The van der Waals surface area contributed by atoms with Crippen molar-refractivity contribution >= 4 is 39.8 Å². The number of aromatic nitrogens is 3. The number of methoxy groups -OCH3 is 1. The molecule has 4 rings (SSSR count). The number of fused-ring (bicyclic) bond motifs is 1. The summed E-state index contributed by atoms with van der Waals surface area (Å²) in [5, 5.41) is 9.67. The van der Waals surface area contributed by atoms with E-state index in [0.717, 1.165) is 17.0 Å². The number of rotatable bonds is 6. The molecule has 148 valence electrons. The largest absolute Gasteiger partial charge is 0.496 e. The molecule has 4 aromatic rings. The number of hydrogen-bond acceptors (Lipinski definition) is 6. The molecule has 0 saturated heterocycles. The zero-order valence-corrected chi connectivity index (χ0v) is 17.2. The van der Waals surface area contributed by atoms with Gasteiger partial charge in [-0.05, 0) is 43.3 Å². The van der Waals surface area contributed by atoms with Crippen LogP contribution in [-0.2, 0) is 4.79 Å². The second-order valence-electron chi connectivity index (χ2n) is 6.15. The van der Waals surface area contributed by atoms with Crippen molar-refractivity contribution in [2.75, 3.05) is 12.4 Å². The van der Waals surface area contributed by atoms with Crippen LogP contribution in [0.2, 0.25) is 5.02 Å². The normalized spacial score (nSPS) is 12.0. The van der Waals surface area contributed by atoms with Crippen LogP contribution in [0.4, 0.5) is 5.95 Å². The van der Waals surface area contributed by atoms with E-state index in [-0.39, 0.29) is 11.9 Å². The fourth-order valence-electron chi connectivity index (χ4n) is 2.76. The Bertz CT molecular complexity index is 1160. The summed E-state index contributed by atoms with van der Waals surface area (Å²) < 4.78 is 12.8. The number of amides is 1. The molecule has 2 aromatic heterocycles. The molecular formula is C20H17ClN4O3S. The molecule has 2 heterocycles. The van der Waals surface area contributed by atoms with E-state index in [1.165, 1.54) is 11.3 Å². The highest BCUT2D eigenvalue weighted by molar-refractivity contribution is 7.15. The van der Waals surface area contributed by atoms with Crippen LogP contribution in [0.1, 0.15) is 6.92 Å². The molecule has 1 unspecified atom stereocenters. The molecule has 2 aromatic carbocycles. The molecule has 0 spiro atoms. The molecule has 0 bridgehead atoms. The van der Waals surface area contributed by atoms with Crippen molar-refractivity contribution < 1.29 is 14.3 Å². The highest BCUT2D eigenvalue weighted by atomic mass is 35.5. The lowest BCUT2D eigenvalue weighted by atomic mass is 10.1. The highest BCUT2D eigenvalue weighted by Crippen LogP contribution is 2.32. The van der Waals surface area contributed by atoms with Crippen LogP contribution in [0.3, 0.4) is 0 Å². The van der Waals surface area contributed by atoms with Gasteiger partial charge in [0.2, 0.25) is 4.96 Å². The molecule has 0 aliphatic carbocycles. The maximum atomic E-state index is 12.5. The second kappa shape index (κ2) is 8.10. The molecule has 1 N–H and O–H groups in total. The van der Waals surface area contributed by atoms with Crippen molar-refractivity contribution in [3.63, 3.8) is 0 Å². The molecular weight excluding hydrogens is 412 g/mol. The number of hydrogen-bond donors (Lipinski definition) is 1. The third-order valence-corrected chi connectivity index (χ3v) is 5.26. The number of anilines is 1. The SMILES string of the molecule is COc1ccccc1-c1csc2nc(NC(=O)C(C)Oc3ccc(Cl)cc3)nn12. The van der Waals surface area contributed by atoms with Gasteiger partial charge in [0, 0.05) is 16.0 Å². The van der Waals surface area contributed by atoms with Crippen molar-refractivity contribution in [1.82, 2.24) is 14.6 Å². The summed E-state index contributed by atoms with van der Waals surface area (Å²) in [6.07, 6.45) is -0.730. The third-order valence-electron chi connectivity index (χ3n) is 4.20. The van der Waals surface area contributed by atoms with E-state index in [1.807, 2.05) is 29.6 Å². The van der Waals surface area contributed by atoms with Gasteiger partial charge >= 0.3 is 0 Å². The molecule has 0 radical (unpaired) electrons. The van der Waals surface area contributed by atoms with Gasteiger partial charge in [0.15, 0.2) is 6.10 Å². The van der Waals surface area contributed by atoms with E-state index < -0.39 is 6.10 Å². The summed E-state index contributed by atoms with van der Waals surface area (Å²) >= 11 is 7.29. The maximum absolute atomic E-state index is 12.5. The Morgan fingerprint density at radius 1 is 1.21 bits per heavy atom. The van der Waals surface area contributed by atoms with Gasteiger partial charge in [0.05, 0.1) is 12.8 Å². The summed E-state index contributed by atoms with van der Waals surface area (Å²) in [5.41, 5.74) is 1.73. The molecule has 1 atom stereocenters. The van der Waals surface area contributed by atoms with Crippen molar-refractivity contribution in [1.29, 1.82) is 0 Å².